The Morgan fingerprint density at radius 1 is 0.821 bits per heavy atom. The Morgan fingerprint density at radius 2 is 1.62 bits per heavy atom. The Hall–Kier alpha value is -4.73. The zero-order valence-corrected chi connectivity index (χ0v) is 22.1. The van der Waals surface area contributed by atoms with Crippen LogP contribution in [-0.4, -0.2) is 30.8 Å². The number of pyridine rings is 2. The number of hydrogen-bond donors (Lipinski definition) is 2. The van der Waals surface area contributed by atoms with Gasteiger partial charge in [0.15, 0.2) is 5.82 Å². The summed E-state index contributed by atoms with van der Waals surface area (Å²) in [5.41, 5.74) is 4.39. The third kappa shape index (κ3) is 5.90. The van der Waals surface area contributed by atoms with Gasteiger partial charge in [-0.2, -0.15) is 0 Å². The van der Waals surface area contributed by atoms with E-state index in [9.17, 15) is 4.79 Å². The van der Waals surface area contributed by atoms with E-state index in [2.05, 4.69) is 30.6 Å². The SMILES string of the molecule is Cl.O=C(Nc1ccccc1-c1nc2cccnc2s1)c1cc(NCc2ccncc2)nc(-c2ccccc2)n1. The van der Waals surface area contributed by atoms with E-state index in [-0.39, 0.29) is 24.0 Å². The van der Waals surface area contributed by atoms with Crippen LogP contribution >= 0.6 is 23.7 Å². The number of halogens is 1. The Bertz CT molecular complexity index is 1700. The number of rotatable bonds is 7. The van der Waals surface area contributed by atoms with Crippen LogP contribution in [0.3, 0.4) is 0 Å². The number of fused-ring (bicyclic) bond motifs is 1. The third-order valence-corrected chi connectivity index (χ3v) is 6.80. The lowest BCUT2D eigenvalue weighted by atomic mass is 10.1. The molecule has 0 bridgehead atoms. The number of para-hydroxylation sites is 1. The summed E-state index contributed by atoms with van der Waals surface area (Å²) in [4.78, 5) is 36.8. The van der Waals surface area contributed by atoms with E-state index in [1.807, 2.05) is 78.9 Å². The number of nitrogens with one attached hydrogen (secondary N) is 2. The minimum atomic E-state index is -0.344. The van der Waals surface area contributed by atoms with Crippen molar-refractivity contribution in [2.24, 2.45) is 0 Å². The first-order valence-electron chi connectivity index (χ1n) is 11.9. The van der Waals surface area contributed by atoms with Crippen LogP contribution in [0.4, 0.5) is 11.5 Å². The lowest BCUT2D eigenvalue weighted by molar-refractivity contribution is 0.102. The van der Waals surface area contributed by atoms with Crippen LogP contribution < -0.4 is 10.6 Å². The van der Waals surface area contributed by atoms with Crippen LogP contribution in [0.15, 0.2) is 104 Å². The highest BCUT2D eigenvalue weighted by Crippen LogP contribution is 2.34. The van der Waals surface area contributed by atoms with Crippen molar-refractivity contribution in [1.82, 2.24) is 24.9 Å². The normalized spacial score (nSPS) is 10.6. The van der Waals surface area contributed by atoms with Gasteiger partial charge >= 0.3 is 0 Å². The van der Waals surface area contributed by atoms with E-state index < -0.39 is 0 Å². The van der Waals surface area contributed by atoms with Crippen LogP contribution in [0, 0.1) is 0 Å². The number of anilines is 2. The van der Waals surface area contributed by atoms with Gasteiger partial charge in [-0.3, -0.25) is 9.78 Å². The fourth-order valence-electron chi connectivity index (χ4n) is 3.91. The summed E-state index contributed by atoms with van der Waals surface area (Å²) in [6.07, 6.45) is 5.23. The summed E-state index contributed by atoms with van der Waals surface area (Å²) in [5, 5.41) is 7.12. The Balaban J connectivity index is 0.00000308. The summed E-state index contributed by atoms with van der Waals surface area (Å²) in [5.74, 6) is 0.663. The molecule has 4 aromatic heterocycles. The molecule has 10 heteroatoms. The summed E-state index contributed by atoms with van der Waals surface area (Å²) in [7, 11) is 0. The molecule has 1 amide bonds. The quantitative estimate of drug-likeness (QED) is 0.233. The Kier molecular flexibility index (Phi) is 7.81. The molecule has 0 fully saturated rings. The zero-order valence-electron chi connectivity index (χ0n) is 20.5. The molecule has 192 valence electrons. The maximum Gasteiger partial charge on any atom is 0.274 e. The molecular formula is C29H22ClN7OS. The number of aromatic nitrogens is 5. The second-order valence-corrected chi connectivity index (χ2v) is 9.36. The highest BCUT2D eigenvalue weighted by atomic mass is 35.5. The minimum Gasteiger partial charge on any atom is -0.366 e. The van der Waals surface area contributed by atoms with Gasteiger partial charge in [-0.25, -0.2) is 19.9 Å². The van der Waals surface area contributed by atoms with E-state index in [1.165, 1.54) is 11.3 Å². The maximum absolute atomic E-state index is 13.5. The van der Waals surface area contributed by atoms with E-state index in [0.29, 0.717) is 23.9 Å². The van der Waals surface area contributed by atoms with Gasteiger partial charge in [0.2, 0.25) is 0 Å². The van der Waals surface area contributed by atoms with Crippen LogP contribution in [-0.2, 0) is 6.54 Å². The molecule has 0 saturated heterocycles. The van der Waals surface area contributed by atoms with Crippen molar-refractivity contribution in [1.29, 1.82) is 0 Å². The van der Waals surface area contributed by atoms with Gasteiger partial charge < -0.3 is 10.6 Å². The van der Waals surface area contributed by atoms with Crippen molar-refractivity contribution in [2.75, 3.05) is 10.6 Å². The van der Waals surface area contributed by atoms with E-state index >= 15 is 0 Å². The molecule has 39 heavy (non-hydrogen) atoms. The fraction of sp³-hybridized carbons (Fsp3) is 0.0345. The Morgan fingerprint density at radius 3 is 2.44 bits per heavy atom. The molecular weight excluding hydrogens is 530 g/mol. The van der Waals surface area contributed by atoms with Crippen LogP contribution in [0.2, 0.25) is 0 Å². The first kappa shape index (κ1) is 25.9. The van der Waals surface area contributed by atoms with Crippen molar-refractivity contribution in [3.63, 3.8) is 0 Å². The molecule has 0 radical (unpaired) electrons. The van der Waals surface area contributed by atoms with Gasteiger partial charge in [-0.1, -0.05) is 53.8 Å². The predicted octanol–water partition coefficient (Wildman–Crippen LogP) is 6.50. The van der Waals surface area contributed by atoms with Gasteiger partial charge in [0.1, 0.15) is 26.9 Å². The summed E-state index contributed by atoms with van der Waals surface area (Å²) >= 11 is 1.48. The number of thiazole rings is 1. The molecule has 4 heterocycles. The monoisotopic (exact) mass is 551 g/mol. The predicted molar refractivity (Wildman–Crippen MR) is 157 cm³/mol. The molecule has 0 aliphatic carbocycles. The molecule has 0 unspecified atom stereocenters. The van der Waals surface area contributed by atoms with Gasteiger partial charge in [0.25, 0.3) is 5.91 Å². The molecule has 2 N–H and O–H groups in total. The number of hydrogen-bond acceptors (Lipinski definition) is 8. The molecule has 6 aromatic rings. The lowest BCUT2D eigenvalue weighted by Crippen LogP contribution is -2.16. The number of benzene rings is 2. The first-order chi connectivity index (χ1) is 18.7. The maximum atomic E-state index is 13.5. The average molecular weight is 552 g/mol. The van der Waals surface area contributed by atoms with Crippen LogP contribution in [0.25, 0.3) is 32.3 Å². The van der Waals surface area contributed by atoms with Gasteiger partial charge in [0.05, 0.1) is 5.69 Å². The van der Waals surface area contributed by atoms with Gasteiger partial charge in [-0.05, 0) is 42.0 Å². The summed E-state index contributed by atoms with van der Waals surface area (Å²) in [6.45, 7) is 0.531. The highest BCUT2D eigenvalue weighted by molar-refractivity contribution is 7.21. The smallest absolute Gasteiger partial charge is 0.274 e. The molecule has 2 aromatic carbocycles. The fourth-order valence-corrected chi connectivity index (χ4v) is 4.86. The third-order valence-electron chi connectivity index (χ3n) is 5.79. The van der Waals surface area contributed by atoms with Gasteiger partial charge in [-0.15, -0.1) is 12.4 Å². The van der Waals surface area contributed by atoms with Crippen molar-refractivity contribution in [3.05, 3.63) is 115 Å². The van der Waals surface area contributed by atoms with E-state index in [0.717, 1.165) is 32.0 Å². The molecule has 8 nitrogen and oxygen atoms in total. The number of carbonyl (C=O) groups is 1. The average Bonchev–Trinajstić information content (AvgIpc) is 3.41. The number of nitrogens with zero attached hydrogens (tertiary/aromatic N) is 5. The van der Waals surface area contributed by atoms with E-state index in [4.69, 9.17) is 4.98 Å². The van der Waals surface area contributed by atoms with Crippen molar-refractivity contribution < 1.29 is 4.79 Å². The van der Waals surface area contributed by atoms with E-state index in [1.54, 1.807) is 24.7 Å². The molecule has 0 spiro atoms. The van der Waals surface area contributed by atoms with Crippen LogP contribution in [0.5, 0.6) is 0 Å². The lowest BCUT2D eigenvalue weighted by Gasteiger charge is -2.12. The topological polar surface area (TPSA) is 106 Å². The first-order valence-corrected chi connectivity index (χ1v) is 12.7. The second-order valence-electron chi connectivity index (χ2n) is 8.38. The largest absolute Gasteiger partial charge is 0.366 e. The summed E-state index contributed by atoms with van der Waals surface area (Å²) < 4.78 is 0. The standard InChI is InChI=1S/C29H21N7OS.ClH/c37-27(34-22-10-5-4-9-21(22)28-35-23-11-6-14-31-29(23)38-28)24-17-25(32-18-19-12-15-30-16-13-19)36-26(33-24)20-7-2-1-3-8-20;/h1-17H,18H2,(H,34,37)(H,32,33,36);1H. The molecule has 0 aliphatic heterocycles. The van der Waals surface area contributed by atoms with Crippen LogP contribution in [0.1, 0.15) is 16.1 Å². The highest BCUT2D eigenvalue weighted by Gasteiger charge is 2.17. The van der Waals surface area contributed by atoms with Crippen molar-refractivity contribution >= 4 is 51.5 Å². The zero-order chi connectivity index (χ0) is 25.7. The van der Waals surface area contributed by atoms with Gasteiger partial charge in [0, 0.05) is 42.3 Å². The Labute approximate surface area is 234 Å². The molecule has 0 aliphatic rings. The van der Waals surface area contributed by atoms with Crippen molar-refractivity contribution in [3.8, 4) is 22.0 Å². The minimum absolute atomic E-state index is 0. The molecule has 6 rings (SSSR count). The molecule has 0 atom stereocenters. The summed E-state index contributed by atoms with van der Waals surface area (Å²) in [6, 6.07) is 26.5. The second kappa shape index (κ2) is 11.8. The number of carbonyl (C=O) groups excluding carboxylic acids is 1. The van der Waals surface area contributed by atoms with Crippen molar-refractivity contribution in [2.45, 2.75) is 6.54 Å². The molecule has 0 saturated carbocycles. The number of amides is 1.